The van der Waals surface area contributed by atoms with Gasteiger partial charge in [-0.05, 0) is 63.7 Å². The van der Waals surface area contributed by atoms with Gasteiger partial charge in [-0.25, -0.2) is 0 Å². The summed E-state index contributed by atoms with van der Waals surface area (Å²) in [5, 5.41) is 3.68. The summed E-state index contributed by atoms with van der Waals surface area (Å²) in [5.41, 5.74) is 14.5. The van der Waals surface area contributed by atoms with Crippen LogP contribution in [-0.2, 0) is 0 Å². The van der Waals surface area contributed by atoms with Crippen molar-refractivity contribution >= 4 is 32.7 Å². The van der Waals surface area contributed by atoms with Crippen LogP contribution in [0.3, 0.4) is 0 Å². The number of pyridine rings is 1. The molecule has 8 aromatic rings. The van der Waals surface area contributed by atoms with Crippen LogP contribution < -0.4 is 0 Å². The maximum Gasteiger partial charge on any atom is 0.0708 e. The van der Waals surface area contributed by atoms with E-state index in [1.807, 2.05) is 6.20 Å². The highest BCUT2D eigenvalue weighted by Gasteiger charge is 2.27. The monoisotopic (exact) mass is 520 g/mol. The highest BCUT2D eigenvalue weighted by molar-refractivity contribution is 6.15. The van der Waals surface area contributed by atoms with E-state index in [9.17, 15) is 0 Å². The zero-order chi connectivity index (χ0) is 26.9. The van der Waals surface area contributed by atoms with E-state index in [2.05, 4.69) is 144 Å². The molecular formula is C39H24N2. The van der Waals surface area contributed by atoms with Gasteiger partial charge in [-0.1, -0.05) is 109 Å². The van der Waals surface area contributed by atoms with Crippen LogP contribution in [0.15, 0.2) is 146 Å². The van der Waals surface area contributed by atoms with Crippen LogP contribution in [-0.4, -0.2) is 9.55 Å². The van der Waals surface area contributed by atoms with Crippen LogP contribution in [0.4, 0.5) is 0 Å². The Balaban J connectivity index is 1.54. The van der Waals surface area contributed by atoms with Gasteiger partial charge in [0.1, 0.15) is 0 Å². The van der Waals surface area contributed by atoms with Gasteiger partial charge in [0, 0.05) is 33.5 Å². The van der Waals surface area contributed by atoms with Gasteiger partial charge in [-0.15, -0.1) is 0 Å². The summed E-state index contributed by atoms with van der Waals surface area (Å²) in [5.74, 6) is 0. The number of hydrogen-bond acceptors (Lipinski definition) is 1. The lowest BCUT2D eigenvalue weighted by Gasteiger charge is -2.26. The fourth-order valence-electron chi connectivity index (χ4n) is 6.95. The third-order valence-corrected chi connectivity index (χ3v) is 8.62. The number of para-hydroxylation sites is 2. The molecule has 0 bridgehead atoms. The maximum absolute atomic E-state index is 4.80. The first kappa shape index (κ1) is 22.4. The Morgan fingerprint density at radius 3 is 1.54 bits per heavy atom. The number of fused-ring (bicyclic) bond motifs is 13. The van der Waals surface area contributed by atoms with Crippen LogP contribution in [0.2, 0.25) is 0 Å². The molecule has 1 aliphatic carbocycles. The van der Waals surface area contributed by atoms with E-state index in [0.717, 1.165) is 10.9 Å². The first-order valence-electron chi connectivity index (χ1n) is 14.1. The molecule has 6 aromatic carbocycles. The van der Waals surface area contributed by atoms with Crippen molar-refractivity contribution in [1.82, 2.24) is 9.55 Å². The lowest BCUT2D eigenvalue weighted by Crippen LogP contribution is -2.03. The molecule has 2 heteroatoms. The molecule has 2 aromatic heterocycles. The standard InChI is InChI=1S/C39H24N2/c1-3-13-27-25(11-1)26-12-2-4-14-28(26)32-22-23-34-33(18-10-24-40-34)38(32)39-31(27)17-9-21-37(39)41-35-19-7-5-15-29(35)30-16-6-8-20-36(30)41/h1-24H. The van der Waals surface area contributed by atoms with Gasteiger partial charge < -0.3 is 4.57 Å². The molecule has 0 unspecified atom stereocenters. The van der Waals surface area contributed by atoms with Gasteiger partial charge in [0.2, 0.25) is 0 Å². The second-order valence-electron chi connectivity index (χ2n) is 10.7. The number of benzene rings is 6. The topological polar surface area (TPSA) is 17.8 Å². The zero-order valence-electron chi connectivity index (χ0n) is 22.3. The Hall–Kier alpha value is -5.47. The van der Waals surface area contributed by atoms with Crippen molar-refractivity contribution in [1.29, 1.82) is 0 Å². The highest BCUT2D eigenvalue weighted by Crippen LogP contribution is 2.52. The van der Waals surface area contributed by atoms with E-state index in [4.69, 9.17) is 4.98 Å². The largest absolute Gasteiger partial charge is 0.309 e. The van der Waals surface area contributed by atoms with Crippen LogP contribution in [0, 0.1) is 0 Å². The lowest BCUT2D eigenvalue weighted by atomic mass is 9.79. The van der Waals surface area contributed by atoms with Crippen molar-refractivity contribution in [2.24, 2.45) is 0 Å². The van der Waals surface area contributed by atoms with E-state index in [1.54, 1.807) is 0 Å². The second-order valence-corrected chi connectivity index (χ2v) is 10.7. The molecule has 0 fully saturated rings. The van der Waals surface area contributed by atoms with Gasteiger partial charge in [0.25, 0.3) is 0 Å². The molecule has 41 heavy (non-hydrogen) atoms. The van der Waals surface area contributed by atoms with Crippen LogP contribution in [0.25, 0.3) is 82.9 Å². The fraction of sp³-hybridized carbons (Fsp3) is 0. The molecule has 9 rings (SSSR count). The van der Waals surface area contributed by atoms with Crippen LogP contribution in [0.5, 0.6) is 0 Å². The van der Waals surface area contributed by atoms with Crippen LogP contribution in [0.1, 0.15) is 0 Å². The maximum atomic E-state index is 4.80. The summed E-state index contributed by atoms with van der Waals surface area (Å²) in [7, 11) is 0. The minimum atomic E-state index is 1.00. The number of aromatic nitrogens is 2. The Morgan fingerprint density at radius 2 is 0.878 bits per heavy atom. The van der Waals surface area contributed by atoms with Gasteiger partial charge in [0.05, 0.1) is 22.2 Å². The molecule has 1 aliphatic rings. The molecule has 0 amide bonds. The summed E-state index contributed by atoms with van der Waals surface area (Å²) in [6.07, 6.45) is 1.89. The third-order valence-electron chi connectivity index (χ3n) is 8.62. The van der Waals surface area contributed by atoms with E-state index in [0.29, 0.717) is 0 Å². The zero-order valence-corrected chi connectivity index (χ0v) is 22.3. The Morgan fingerprint density at radius 1 is 0.366 bits per heavy atom. The molecule has 0 atom stereocenters. The average Bonchev–Trinajstić information content (AvgIpc) is 3.37. The Labute approximate surface area is 237 Å². The number of rotatable bonds is 1. The first-order valence-corrected chi connectivity index (χ1v) is 14.1. The van der Waals surface area contributed by atoms with Gasteiger partial charge in [-0.2, -0.15) is 0 Å². The minimum absolute atomic E-state index is 1.00. The molecule has 0 saturated carbocycles. The highest BCUT2D eigenvalue weighted by atomic mass is 15.0. The molecule has 2 nitrogen and oxygen atoms in total. The summed E-state index contributed by atoms with van der Waals surface area (Å²) in [6.45, 7) is 0. The smallest absolute Gasteiger partial charge is 0.0708 e. The number of nitrogens with zero attached hydrogens (tertiary/aromatic N) is 2. The summed E-state index contributed by atoms with van der Waals surface area (Å²) >= 11 is 0. The summed E-state index contributed by atoms with van der Waals surface area (Å²) in [4.78, 5) is 4.80. The van der Waals surface area contributed by atoms with Crippen molar-refractivity contribution in [2.75, 3.05) is 0 Å². The van der Waals surface area contributed by atoms with Crippen molar-refractivity contribution < 1.29 is 0 Å². The average molecular weight is 521 g/mol. The first-order chi connectivity index (χ1) is 20.4. The van der Waals surface area contributed by atoms with Crippen molar-refractivity contribution in [3.8, 4) is 50.2 Å². The predicted octanol–water partition coefficient (Wildman–Crippen LogP) is 10.3. The van der Waals surface area contributed by atoms with Crippen molar-refractivity contribution in [3.05, 3.63) is 146 Å². The molecule has 0 saturated heterocycles. The Bertz CT molecular complexity index is 2270. The normalized spacial score (nSPS) is 11.9. The van der Waals surface area contributed by atoms with E-state index >= 15 is 0 Å². The van der Waals surface area contributed by atoms with E-state index in [1.165, 1.54) is 72.0 Å². The Kier molecular flexibility index (Phi) is 4.64. The fourth-order valence-corrected chi connectivity index (χ4v) is 6.95. The van der Waals surface area contributed by atoms with E-state index < -0.39 is 0 Å². The second kappa shape index (κ2) is 8.51. The number of hydrogen-bond donors (Lipinski definition) is 0. The quantitative estimate of drug-likeness (QED) is 0.210. The summed E-state index contributed by atoms with van der Waals surface area (Å²) in [6, 6.07) is 50.7. The summed E-state index contributed by atoms with van der Waals surface area (Å²) < 4.78 is 2.46. The minimum Gasteiger partial charge on any atom is -0.309 e. The molecule has 0 spiro atoms. The molecular weight excluding hydrogens is 496 g/mol. The van der Waals surface area contributed by atoms with E-state index in [-0.39, 0.29) is 0 Å². The van der Waals surface area contributed by atoms with Crippen LogP contribution >= 0.6 is 0 Å². The van der Waals surface area contributed by atoms with Gasteiger partial charge in [0.15, 0.2) is 0 Å². The van der Waals surface area contributed by atoms with Crippen molar-refractivity contribution in [2.45, 2.75) is 0 Å². The lowest BCUT2D eigenvalue weighted by molar-refractivity contribution is 1.18. The molecule has 2 heterocycles. The SMILES string of the molecule is c1ccc2c(c1)-c1ccccc1-c1ccc3ncccc3c1-c1c-2cccc1-n1c2ccccc2c2ccccc21. The van der Waals surface area contributed by atoms with Gasteiger partial charge >= 0.3 is 0 Å². The molecule has 190 valence electrons. The molecule has 0 N–H and O–H groups in total. The molecule has 0 radical (unpaired) electrons. The third kappa shape index (κ3) is 3.10. The van der Waals surface area contributed by atoms with Crippen molar-refractivity contribution in [3.63, 3.8) is 0 Å². The van der Waals surface area contributed by atoms with Gasteiger partial charge in [-0.3, -0.25) is 4.98 Å². The molecule has 0 aliphatic heterocycles. The predicted molar refractivity (Wildman–Crippen MR) is 171 cm³/mol.